The minimum absolute atomic E-state index is 0.0253. The number of aromatic nitrogens is 4. The van der Waals surface area contributed by atoms with Crippen molar-refractivity contribution >= 4 is 22.9 Å². The first kappa shape index (κ1) is 22.7. The molecular formula is C22H20F3N5O2S. The van der Waals surface area contributed by atoms with E-state index in [9.17, 15) is 13.2 Å². The molecule has 0 saturated carbocycles. The number of ether oxygens (including phenoxy) is 2. The lowest BCUT2D eigenvalue weighted by Gasteiger charge is -2.10. The van der Waals surface area contributed by atoms with Gasteiger partial charge in [-0.1, -0.05) is 18.2 Å². The van der Waals surface area contributed by atoms with E-state index in [0.29, 0.717) is 46.3 Å². The summed E-state index contributed by atoms with van der Waals surface area (Å²) in [5.41, 5.74) is 0.821. The molecule has 0 unspecified atom stereocenters. The van der Waals surface area contributed by atoms with Crippen LogP contribution in [0.3, 0.4) is 0 Å². The number of nitrogens with one attached hydrogen (secondary N) is 2. The minimum atomic E-state index is -4.39. The van der Waals surface area contributed by atoms with E-state index in [-0.39, 0.29) is 5.49 Å². The normalized spacial score (nSPS) is 11.7. The van der Waals surface area contributed by atoms with Gasteiger partial charge in [0.15, 0.2) is 16.3 Å². The van der Waals surface area contributed by atoms with E-state index in [2.05, 4.69) is 15.0 Å². The highest BCUT2D eigenvalue weighted by Gasteiger charge is 2.30. The maximum atomic E-state index is 13.0. The summed E-state index contributed by atoms with van der Waals surface area (Å²) < 4.78 is 51.4. The molecule has 11 heteroatoms. The van der Waals surface area contributed by atoms with Gasteiger partial charge in [0.1, 0.15) is 17.0 Å². The van der Waals surface area contributed by atoms with Crippen LogP contribution in [0.2, 0.25) is 0 Å². The third kappa shape index (κ3) is 4.98. The first-order chi connectivity index (χ1) is 15.8. The monoisotopic (exact) mass is 475 g/mol. The number of methoxy groups -OCH3 is 2. The highest BCUT2D eigenvalue weighted by molar-refractivity contribution is 7.99. The fourth-order valence-electron chi connectivity index (χ4n) is 3.30. The molecule has 0 bridgehead atoms. The molecule has 172 valence electrons. The van der Waals surface area contributed by atoms with Crippen LogP contribution in [0.4, 0.5) is 13.2 Å². The van der Waals surface area contributed by atoms with E-state index in [1.165, 1.54) is 24.2 Å². The third-order valence-electron chi connectivity index (χ3n) is 4.97. The number of nitrogens with zero attached hydrogens (tertiary/aromatic N) is 3. The Morgan fingerprint density at radius 3 is 2.67 bits per heavy atom. The molecule has 0 spiro atoms. The van der Waals surface area contributed by atoms with Gasteiger partial charge in [0, 0.05) is 6.54 Å². The highest BCUT2D eigenvalue weighted by Crippen LogP contribution is 2.36. The van der Waals surface area contributed by atoms with Crippen LogP contribution < -0.4 is 15.0 Å². The molecule has 2 aromatic carbocycles. The van der Waals surface area contributed by atoms with Gasteiger partial charge in [-0.3, -0.25) is 5.41 Å². The van der Waals surface area contributed by atoms with Crippen molar-refractivity contribution in [1.82, 2.24) is 19.5 Å². The Balaban J connectivity index is 1.62. The van der Waals surface area contributed by atoms with E-state index >= 15 is 0 Å². The van der Waals surface area contributed by atoms with Crippen LogP contribution in [0.5, 0.6) is 11.5 Å². The van der Waals surface area contributed by atoms with Gasteiger partial charge in [0.05, 0.1) is 31.0 Å². The van der Waals surface area contributed by atoms with Crippen molar-refractivity contribution in [3.05, 3.63) is 65.4 Å². The van der Waals surface area contributed by atoms with Gasteiger partial charge < -0.3 is 19.0 Å². The average molecular weight is 475 g/mol. The Labute approximate surface area is 191 Å². The van der Waals surface area contributed by atoms with Crippen LogP contribution in [0.1, 0.15) is 11.1 Å². The number of alkyl halides is 3. The summed E-state index contributed by atoms with van der Waals surface area (Å²) in [5, 5.41) is 8.63. The smallest absolute Gasteiger partial charge is 0.416 e. The van der Waals surface area contributed by atoms with Gasteiger partial charge in [-0.15, -0.1) is 0 Å². The first-order valence-corrected chi connectivity index (χ1v) is 10.7. The van der Waals surface area contributed by atoms with Gasteiger partial charge in [-0.05, 0) is 48.0 Å². The summed E-state index contributed by atoms with van der Waals surface area (Å²) >= 11 is 1.31. The lowest BCUT2D eigenvalue weighted by Crippen LogP contribution is -2.14. The summed E-state index contributed by atoms with van der Waals surface area (Å²) in [4.78, 5) is 12.6. The number of hydrogen-bond acceptors (Lipinski definition) is 6. The predicted molar refractivity (Wildman–Crippen MR) is 117 cm³/mol. The number of aryl methyl sites for hydroxylation is 2. The van der Waals surface area contributed by atoms with Gasteiger partial charge >= 0.3 is 6.18 Å². The SMILES string of the molecule is COc1ccc(OC)c(Sc2nc3c([nH]2)c(=N)ncn3CCc2cccc(C(F)(F)F)c2)c1. The first-order valence-electron chi connectivity index (χ1n) is 9.84. The van der Waals surface area contributed by atoms with Crippen LogP contribution in [0, 0.1) is 5.41 Å². The molecule has 0 aliphatic heterocycles. The van der Waals surface area contributed by atoms with Crippen molar-refractivity contribution in [3.8, 4) is 11.5 Å². The van der Waals surface area contributed by atoms with Crippen molar-refractivity contribution in [2.45, 2.75) is 29.2 Å². The molecular weight excluding hydrogens is 455 g/mol. The lowest BCUT2D eigenvalue weighted by molar-refractivity contribution is -0.137. The second-order valence-electron chi connectivity index (χ2n) is 7.09. The molecule has 4 rings (SSSR count). The molecule has 0 aliphatic carbocycles. The van der Waals surface area contributed by atoms with Crippen LogP contribution >= 0.6 is 11.8 Å². The molecule has 0 aliphatic rings. The minimum Gasteiger partial charge on any atom is -0.497 e. The molecule has 0 amide bonds. The van der Waals surface area contributed by atoms with Gasteiger partial charge in [-0.25, -0.2) is 9.97 Å². The maximum absolute atomic E-state index is 13.0. The Bertz CT molecular complexity index is 1350. The fraction of sp³-hybridized carbons (Fsp3) is 0.227. The van der Waals surface area contributed by atoms with Gasteiger partial charge in [-0.2, -0.15) is 13.2 Å². The van der Waals surface area contributed by atoms with Crippen LogP contribution in [0.15, 0.2) is 58.8 Å². The van der Waals surface area contributed by atoms with E-state index in [1.807, 2.05) is 6.07 Å². The zero-order chi connectivity index (χ0) is 23.6. The Kier molecular flexibility index (Phi) is 6.32. The van der Waals surface area contributed by atoms with E-state index < -0.39 is 11.7 Å². The van der Waals surface area contributed by atoms with Crippen molar-refractivity contribution in [2.75, 3.05) is 14.2 Å². The zero-order valence-electron chi connectivity index (χ0n) is 17.7. The standard InChI is InChI=1S/C22H20F3N5O2S/c1-31-15-6-7-16(32-2)17(11-15)33-21-28-18-19(26)27-12-30(20(18)29-21)9-8-13-4-3-5-14(10-13)22(23,24)25/h3-7,10-12,26H,8-9H2,1-2H3,(H,28,29). The lowest BCUT2D eigenvalue weighted by atomic mass is 10.1. The average Bonchev–Trinajstić information content (AvgIpc) is 3.23. The summed E-state index contributed by atoms with van der Waals surface area (Å²) in [7, 11) is 3.14. The Morgan fingerprint density at radius 1 is 1.12 bits per heavy atom. The van der Waals surface area contributed by atoms with Crippen LogP contribution in [-0.4, -0.2) is 33.7 Å². The van der Waals surface area contributed by atoms with Crippen molar-refractivity contribution in [1.29, 1.82) is 5.41 Å². The molecule has 0 fully saturated rings. The second kappa shape index (κ2) is 9.18. The van der Waals surface area contributed by atoms with Crippen LogP contribution in [0.25, 0.3) is 11.2 Å². The summed E-state index contributed by atoms with van der Waals surface area (Å²) in [6.45, 7) is 0.350. The predicted octanol–water partition coefficient (Wildman–Crippen LogP) is 4.67. The molecule has 4 aromatic rings. The highest BCUT2D eigenvalue weighted by atomic mass is 32.2. The number of imidazole rings is 1. The Morgan fingerprint density at radius 2 is 1.94 bits per heavy atom. The zero-order valence-corrected chi connectivity index (χ0v) is 18.5. The molecule has 7 nitrogen and oxygen atoms in total. The molecule has 0 atom stereocenters. The van der Waals surface area contributed by atoms with Gasteiger partial charge in [0.2, 0.25) is 0 Å². The summed E-state index contributed by atoms with van der Waals surface area (Å²) in [5.74, 6) is 1.30. The number of rotatable bonds is 7. The van der Waals surface area contributed by atoms with Crippen LogP contribution in [-0.2, 0) is 19.1 Å². The molecule has 2 N–H and O–H groups in total. The molecule has 33 heavy (non-hydrogen) atoms. The third-order valence-corrected chi connectivity index (χ3v) is 5.90. The summed E-state index contributed by atoms with van der Waals surface area (Å²) in [6.07, 6.45) is -2.57. The maximum Gasteiger partial charge on any atom is 0.416 e. The number of H-pyrrole nitrogens is 1. The number of fused-ring (bicyclic) bond motifs is 1. The van der Waals surface area contributed by atoms with Crippen molar-refractivity contribution in [2.24, 2.45) is 0 Å². The second-order valence-corrected chi connectivity index (χ2v) is 8.12. The quantitative estimate of drug-likeness (QED) is 0.406. The molecule has 2 aromatic heterocycles. The number of benzene rings is 2. The summed E-state index contributed by atoms with van der Waals surface area (Å²) in [6, 6.07) is 10.6. The van der Waals surface area contributed by atoms with E-state index in [0.717, 1.165) is 17.0 Å². The molecule has 2 heterocycles. The van der Waals surface area contributed by atoms with E-state index in [1.54, 1.807) is 37.0 Å². The Hall–Kier alpha value is -3.47. The largest absolute Gasteiger partial charge is 0.497 e. The number of aromatic amines is 1. The number of hydrogen-bond donors (Lipinski definition) is 2. The molecule has 0 radical (unpaired) electrons. The van der Waals surface area contributed by atoms with E-state index in [4.69, 9.17) is 14.9 Å². The fourth-order valence-corrected chi connectivity index (χ4v) is 4.22. The number of halogens is 3. The van der Waals surface area contributed by atoms with Crippen molar-refractivity contribution < 1.29 is 22.6 Å². The van der Waals surface area contributed by atoms with Crippen molar-refractivity contribution in [3.63, 3.8) is 0 Å². The topological polar surface area (TPSA) is 88.8 Å². The van der Waals surface area contributed by atoms with Gasteiger partial charge in [0.25, 0.3) is 0 Å². The molecule has 0 saturated heterocycles.